The lowest BCUT2D eigenvalue weighted by atomic mass is 9.94. The Labute approximate surface area is 356 Å². The molecule has 5 aliphatic heterocycles. The third kappa shape index (κ3) is 9.80. The highest BCUT2D eigenvalue weighted by Crippen LogP contribution is 2.31. The van der Waals surface area contributed by atoms with Crippen LogP contribution in [0.4, 0.5) is 15.8 Å². The zero-order valence-corrected chi connectivity index (χ0v) is 35.9. The number of carbonyl (C=O) groups excluding carboxylic acids is 3. The third-order valence-corrected chi connectivity index (χ3v) is 12.2. The van der Waals surface area contributed by atoms with Gasteiger partial charge in [-0.2, -0.15) is 5.10 Å². The number of aliphatic imine (C=N–C) groups is 1. The SMILES string of the molecule is C=C/C(=C(/C)C1=C(C)OCCN1)N1CC/C(=C/N=C(C)Nc2ccc(CC(=O)N3CCN(C4CN(c5cnn(C6CCC(=O)NC6=O)c(=O)c5)C4)CC3)c(F)c2)C(=C(C)C)C1. The van der Waals surface area contributed by atoms with E-state index >= 15 is 4.39 Å². The molecule has 0 aliphatic carbocycles. The molecular formula is C45H57FN10O5. The minimum atomic E-state index is -0.793. The number of nitrogens with one attached hydrogen (secondary N) is 3. The molecule has 4 saturated heterocycles. The van der Waals surface area contributed by atoms with Gasteiger partial charge in [-0.25, -0.2) is 14.1 Å². The van der Waals surface area contributed by atoms with Crippen molar-refractivity contribution < 1.29 is 23.5 Å². The van der Waals surface area contributed by atoms with E-state index in [1.54, 1.807) is 23.2 Å². The molecule has 1 aromatic carbocycles. The second-order valence-electron chi connectivity index (χ2n) is 16.5. The zero-order valence-electron chi connectivity index (χ0n) is 35.9. The highest BCUT2D eigenvalue weighted by molar-refractivity contribution is 5.99. The standard InChI is InChI=1S/C45H57FN10O5/c1-7-39(29(4)44-30(5)61-19-13-47-44)54-14-12-33(37(27-54)28(2)3)23-48-31(6)50-34-9-8-32(38(46)21-34)20-42(58)53-17-15-52(16-18-53)36-25-55(26-36)35-22-43(59)56(49-24-35)40-10-11-41(57)51-45(40)60/h7-9,21-24,36,40,47H,1,10-20,25-27H2,2-6H3,(H,48,50)(H,51,57,60)/b33-23-,39-29+. The summed E-state index contributed by atoms with van der Waals surface area (Å²) in [5, 5.41) is 13.2. The lowest BCUT2D eigenvalue weighted by Gasteiger charge is -2.49. The third-order valence-electron chi connectivity index (χ3n) is 12.2. The highest BCUT2D eigenvalue weighted by atomic mass is 19.1. The van der Waals surface area contributed by atoms with Crippen LogP contribution >= 0.6 is 0 Å². The number of amides is 3. The molecule has 1 unspecified atom stereocenters. The van der Waals surface area contributed by atoms with Gasteiger partial charge in [0.2, 0.25) is 11.8 Å². The molecule has 7 rings (SSSR count). The molecule has 324 valence electrons. The Balaban J connectivity index is 0.876. The van der Waals surface area contributed by atoms with E-state index in [4.69, 9.17) is 9.73 Å². The molecule has 61 heavy (non-hydrogen) atoms. The number of piperidine rings is 2. The van der Waals surface area contributed by atoms with Gasteiger partial charge in [-0.05, 0) is 88.0 Å². The number of hydrogen-bond acceptors (Lipinski definition) is 11. The lowest BCUT2D eigenvalue weighted by Crippen LogP contribution is -2.63. The number of halogens is 1. The van der Waals surface area contributed by atoms with Gasteiger partial charge in [-0.3, -0.25) is 29.4 Å². The van der Waals surface area contributed by atoms with E-state index in [1.165, 1.54) is 23.3 Å². The molecule has 1 atom stereocenters. The molecule has 0 radical (unpaired) electrons. The number of benzene rings is 1. The number of aromatic nitrogens is 2. The average Bonchev–Trinajstić information content (AvgIpc) is 3.21. The summed E-state index contributed by atoms with van der Waals surface area (Å²) in [6.45, 7) is 21.2. The first-order valence-corrected chi connectivity index (χ1v) is 21.1. The van der Waals surface area contributed by atoms with Crippen molar-refractivity contribution in [1.82, 2.24) is 35.1 Å². The molecule has 3 N–H and O–H groups in total. The number of rotatable bonds is 10. The van der Waals surface area contributed by atoms with Crippen molar-refractivity contribution in [2.75, 3.05) is 75.7 Å². The fourth-order valence-electron chi connectivity index (χ4n) is 8.65. The summed E-state index contributed by atoms with van der Waals surface area (Å²) in [6, 6.07) is 5.81. The first-order chi connectivity index (χ1) is 29.3. The number of amidine groups is 1. The van der Waals surface area contributed by atoms with Crippen LogP contribution in [-0.4, -0.2) is 120 Å². The van der Waals surface area contributed by atoms with Gasteiger partial charge in [-0.1, -0.05) is 18.2 Å². The van der Waals surface area contributed by atoms with Crippen molar-refractivity contribution in [2.45, 2.75) is 72.4 Å². The molecule has 0 saturated carbocycles. The van der Waals surface area contributed by atoms with Gasteiger partial charge in [0.1, 0.15) is 30.1 Å². The molecule has 0 spiro atoms. The molecule has 2 aromatic rings. The van der Waals surface area contributed by atoms with Crippen LogP contribution in [0.2, 0.25) is 0 Å². The van der Waals surface area contributed by atoms with E-state index in [-0.39, 0.29) is 42.7 Å². The van der Waals surface area contributed by atoms with Crippen molar-refractivity contribution >= 4 is 34.9 Å². The van der Waals surface area contributed by atoms with Crippen molar-refractivity contribution in [2.24, 2.45) is 4.99 Å². The van der Waals surface area contributed by atoms with Crippen LogP contribution in [-0.2, 0) is 25.5 Å². The molecule has 16 heteroatoms. The quantitative estimate of drug-likeness (QED) is 0.138. The minimum absolute atomic E-state index is 0.0217. The number of imide groups is 1. The number of nitrogens with zero attached hydrogens (tertiary/aromatic N) is 7. The molecule has 0 bridgehead atoms. The number of likely N-dealkylation sites (tertiary alicyclic amines) is 1. The van der Waals surface area contributed by atoms with Gasteiger partial charge in [0.15, 0.2) is 0 Å². The van der Waals surface area contributed by atoms with Crippen molar-refractivity contribution in [3.8, 4) is 0 Å². The number of hydrogen-bond donors (Lipinski definition) is 3. The predicted molar refractivity (Wildman–Crippen MR) is 233 cm³/mol. The van der Waals surface area contributed by atoms with Crippen molar-refractivity contribution in [3.05, 3.63) is 110 Å². The number of ether oxygens (including phenoxy) is 1. The van der Waals surface area contributed by atoms with Gasteiger partial charge in [0.25, 0.3) is 11.5 Å². The Morgan fingerprint density at radius 3 is 2.49 bits per heavy atom. The van der Waals surface area contributed by atoms with E-state index in [0.29, 0.717) is 68.6 Å². The van der Waals surface area contributed by atoms with Crippen LogP contribution in [0.25, 0.3) is 0 Å². The Morgan fingerprint density at radius 1 is 1.05 bits per heavy atom. The van der Waals surface area contributed by atoms with E-state index in [9.17, 15) is 19.2 Å². The summed E-state index contributed by atoms with van der Waals surface area (Å²) in [5.74, 6) is 0.106. The van der Waals surface area contributed by atoms with Gasteiger partial charge >= 0.3 is 0 Å². The maximum absolute atomic E-state index is 15.4. The maximum atomic E-state index is 15.4. The van der Waals surface area contributed by atoms with Crippen LogP contribution in [0.3, 0.4) is 0 Å². The monoisotopic (exact) mass is 836 g/mol. The summed E-state index contributed by atoms with van der Waals surface area (Å²) in [7, 11) is 0. The fraction of sp³-hybridized carbons (Fsp3) is 0.467. The topological polar surface area (TPSA) is 157 Å². The second-order valence-corrected chi connectivity index (χ2v) is 16.5. The number of carbonyl (C=O) groups is 3. The lowest BCUT2D eigenvalue weighted by molar-refractivity contribution is -0.136. The maximum Gasteiger partial charge on any atom is 0.269 e. The fourth-order valence-corrected chi connectivity index (χ4v) is 8.65. The Kier molecular flexibility index (Phi) is 13.2. The Morgan fingerprint density at radius 2 is 1.82 bits per heavy atom. The molecule has 1 aromatic heterocycles. The van der Waals surface area contributed by atoms with Crippen molar-refractivity contribution in [3.63, 3.8) is 0 Å². The molecule has 4 fully saturated rings. The van der Waals surface area contributed by atoms with Gasteiger partial charge < -0.3 is 30.1 Å². The number of anilines is 2. The molecule has 15 nitrogen and oxygen atoms in total. The number of allylic oxidation sites excluding steroid dienone is 4. The van der Waals surface area contributed by atoms with E-state index in [2.05, 4.69) is 63.1 Å². The summed E-state index contributed by atoms with van der Waals surface area (Å²) >= 11 is 0. The highest BCUT2D eigenvalue weighted by Gasteiger charge is 2.36. The van der Waals surface area contributed by atoms with Crippen LogP contribution in [0.15, 0.2) is 98.5 Å². The smallest absolute Gasteiger partial charge is 0.269 e. The van der Waals surface area contributed by atoms with Gasteiger partial charge in [0.05, 0.1) is 24.0 Å². The summed E-state index contributed by atoms with van der Waals surface area (Å²) < 4.78 is 22.3. The number of piperazine rings is 1. The Bertz CT molecular complexity index is 2290. The molecule has 5 aliphatic rings. The van der Waals surface area contributed by atoms with Crippen molar-refractivity contribution in [1.29, 1.82) is 0 Å². The summed E-state index contributed by atoms with van der Waals surface area (Å²) in [4.78, 5) is 63.1. The summed E-state index contributed by atoms with van der Waals surface area (Å²) in [5.41, 5.74) is 8.03. The minimum Gasteiger partial charge on any atom is -0.494 e. The summed E-state index contributed by atoms with van der Waals surface area (Å²) in [6.07, 6.45) is 6.61. The first kappa shape index (κ1) is 43.1. The van der Waals surface area contributed by atoms with Gasteiger partial charge in [-0.15, -0.1) is 0 Å². The van der Waals surface area contributed by atoms with Crippen LogP contribution in [0.1, 0.15) is 65.5 Å². The van der Waals surface area contributed by atoms with Gasteiger partial charge in [0, 0.05) is 95.0 Å². The van der Waals surface area contributed by atoms with E-state index in [0.717, 1.165) is 59.0 Å². The average molecular weight is 837 g/mol. The molecule has 6 heterocycles. The van der Waals surface area contributed by atoms with Crippen LogP contribution in [0, 0.1) is 5.82 Å². The Hall–Kier alpha value is -6.03. The van der Waals surface area contributed by atoms with Crippen LogP contribution < -0.4 is 26.4 Å². The largest absolute Gasteiger partial charge is 0.494 e. The second kappa shape index (κ2) is 18.7. The molecular weight excluding hydrogens is 780 g/mol. The van der Waals surface area contributed by atoms with E-state index in [1.807, 2.05) is 26.1 Å². The normalized spacial score (nSPS) is 21.7. The molecule has 3 amide bonds. The van der Waals surface area contributed by atoms with Crippen LogP contribution in [0.5, 0.6) is 0 Å². The predicted octanol–water partition coefficient (Wildman–Crippen LogP) is 4.00. The van der Waals surface area contributed by atoms with E-state index < -0.39 is 17.8 Å². The zero-order chi connectivity index (χ0) is 43.4. The first-order valence-electron chi connectivity index (χ1n) is 21.1.